The van der Waals surface area contributed by atoms with E-state index in [2.05, 4.69) is 10.6 Å². The summed E-state index contributed by atoms with van der Waals surface area (Å²) in [6.45, 7) is 3.72. The molecule has 0 aliphatic carbocycles. The van der Waals surface area contributed by atoms with Gasteiger partial charge in [0.25, 0.3) is 11.1 Å². The van der Waals surface area contributed by atoms with Crippen LogP contribution in [0.5, 0.6) is 0 Å². The van der Waals surface area contributed by atoms with Crippen molar-refractivity contribution < 1.29 is 14.4 Å². The molecule has 0 fully saturated rings. The average Bonchev–Trinajstić information content (AvgIpc) is 2.67. The van der Waals surface area contributed by atoms with E-state index in [4.69, 9.17) is 11.6 Å². The average molecular weight is 434 g/mol. The van der Waals surface area contributed by atoms with E-state index in [1.165, 1.54) is 4.90 Å². The number of hydrogen-bond acceptors (Lipinski definition) is 4. The van der Waals surface area contributed by atoms with Crippen LogP contribution in [-0.4, -0.2) is 42.1 Å². The van der Waals surface area contributed by atoms with Gasteiger partial charge in [0.2, 0.25) is 5.91 Å². The molecule has 0 saturated carbocycles. The highest BCUT2D eigenvalue weighted by Gasteiger charge is 2.25. The van der Waals surface area contributed by atoms with Crippen LogP contribution in [0.25, 0.3) is 0 Å². The zero-order valence-electron chi connectivity index (χ0n) is 16.7. The van der Waals surface area contributed by atoms with E-state index >= 15 is 0 Å². The Morgan fingerprint density at radius 1 is 0.966 bits per heavy atom. The quantitative estimate of drug-likeness (QED) is 0.657. The second-order valence-electron chi connectivity index (χ2n) is 6.98. The SMILES string of the molecule is CC(C)C(NC(=O)c1ccc(Cl)cc1)C(=O)Nc1ccc(SC(=O)N(C)C)cc1. The highest BCUT2D eigenvalue weighted by Crippen LogP contribution is 2.22. The van der Waals surface area contributed by atoms with E-state index in [0.717, 1.165) is 16.7 Å². The molecule has 6 nitrogen and oxygen atoms in total. The van der Waals surface area contributed by atoms with Gasteiger partial charge in [-0.2, -0.15) is 0 Å². The molecule has 0 heterocycles. The van der Waals surface area contributed by atoms with Crippen molar-refractivity contribution in [3.63, 3.8) is 0 Å². The number of thioether (sulfide) groups is 1. The smallest absolute Gasteiger partial charge is 0.285 e. The topological polar surface area (TPSA) is 78.5 Å². The molecule has 0 spiro atoms. The van der Waals surface area contributed by atoms with Gasteiger partial charge in [0.05, 0.1) is 0 Å². The van der Waals surface area contributed by atoms with Gasteiger partial charge in [-0.05, 0) is 66.2 Å². The van der Waals surface area contributed by atoms with Gasteiger partial charge in [0, 0.05) is 35.3 Å². The Bertz CT molecular complexity index is 868. The number of carbonyl (C=O) groups excluding carboxylic acids is 3. The van der Waals surface area contributed by atoms with Crippen molar-refractivity contribution in [2.45, 2.75) is 24.8 Å². The van der Waals surface area contributed by atoms with Crippen molar-refractivity contribution in [2.24, 2.45) is 5.92 Å². The summed E-state index contributed by atoms with van der Waals surface area (Å²) in [7, 11) is 3.38. The maximum absolute atomic E-state index is 12.7. The molecule has 2 aromatic carbocycles. The van der Waals surface area contributed by atoms with Crippen LogP contribution in [0.4, 0.5) is 10.5 Å². The Balaban J connectivity index is 2.02. The van der Waals surface area contributed by atoms with Crippen LogP contribution >= 0.6 is 23.4 Å². The van der Waals surface area contributed by atoms with Crippen molar-refractivity contribution in [3.8, 4) is 0 Å². The number of nitrogens with one attached hydrogen (secondary N) is 2. The molecule has 2 rings (SSSR count). The molecule has 154 valence electrons. The molecule has 0 radical (unpaired) electrons. The molecule has 29 heavy (non-hydrogen) atoms. The molecule has 0 saturated heterocycles. The fourth-order valence-electron chi connectivity index (χ4n) is 2.38. The third-order valence-electron chi connectivity index (χ3n) is 4.03. The lowest BCUT2D eigenvalue weighted by Crippen LogP contribution is -2.47. The summed E-state index contributed by atoms with van der Waals surface area (Å²) in [5.74, 6) is -0.768. The van der Waals surface area contributed by atoms with E-state index in [1.54, 1.807) is 62.6 Å². The van der Waals surface area contributed by atoms with Crippen molar-refractivity contribution >= 4 is 46.1 Å². The van der Waals surface area contributed by atoms with Gasteiger partial charge in [0.15, 0.2) is 0 Å². The van der Waals surface area contributed by atoms with E-state index in [9.17, 15) is 14.4 Å². The number of benzene rings is 2. The van der Waals surface area contributed by atoms with Gasteiger partial charge in [-0.1, -0.05) is 25.4 Å². The largest absolute Gasteiger partial charge is 0.340 e. The molecule has 0 aliphatic heterocycles. The molecule has 8 heteroatoms. The molecular weight excluding hydrogens is 410 g/mol. The van der Waals surface area contributed by atoms with Crippen LogP contribution in [0.2, 0.25) is 5.02 Å². The lowest BCUT2D eigenvalue weighted by molar-refractivity contribution is -0.118. The van der Waals surface area contributed by atoms with Crippen molar-refractivity contribution in [2.75, 3.05) is 19.4 Å². The fraction of sp³-hybridized carbons (Fsp3) is 0.286. The summed E-state index contributed by atoms with van der Waals surface area (Å²) in [6.07, 6.45) is 0. The lowest BCUT2D eigenvalue weighted by atomic mass is 10.0. The first-order valence-corrected chi connectivity index (χ1v) is 10.2. The van der Waals surface area contributed by atoms with Crippen molar-refractivity contribution in [1.82, 2.24) is 10.2 Å². The Kier molecular flexibility index (Phi) is 8.10. The second-order valence-corrected chi connectivity index (χ2v) is 8.44. The van der Waals surface area contributed by atoms with Gasteiger partial charge in [-0.15, -0.1) is 0 Å². The van der Waals surface area contributed by atoms with Gasteiger partial charge >= 0.3 is 0 Å². The highest BCUT2D eigenvalue weighted by atomic mass is 35.5. The highest BCUT2D eigenvalue weighted by molar-refractivity contribution is 8.13. The third kappa shape index (κ3) is 6.80. The standard InChI is InChI=1S/C21H24ClN3O3S/c1-13(2)18(24-19(26)14-5-7-15(22)8-6-14)20(27)23-16-9-11-17(12-10-16)29-21(28)25(3)4/h5-13,18H,1-4H3,(H,23,27)(H,24,26). The normalized spacial score (nSPS) is 11.7. The van der Waals surface area contributed by atoms with Crippen LogP contribution in [0.3, 0.4) is 0 Å². The summed E-state index contributed by atoms with van der Waals surface area (Å²) < 4.78 is 0. The zero-order valence-corrected chi connectivity index (χ0v) is 18.3. The minimum atomic E-state index is -0.706. The van der Waals surface area contributed by atoms with Crippen LogP contribution in [0, 0.1) is 5.92 Å². The number of halogens is 1. The zero-order chi connectivity index (χ0) is 21.6. The summed E-state index contributed by atoms with van der Waals surface area (Å²) in [6, 6.07) is 12.7. The molecule has 1 unspecified atom stereocenters. The van der Waals surface area contributed by atoms with Gasteiger partial charge in [-0.25, -0.2) is 0 Å². The maximum Gasteiger partial charge on any atom is 0.285 e. The van der Waals surface area contributed by atoms with Crippen LogP contribution in [-0.2, 0) is 4.79 Å². The Morgan fingerprint density at radius 3 is 2.07 bits per heavy atom. The Labute approximate surface area is 180 Å². The predicted octanol–water partition coefficient (Wildman–Crippen LogP) is 4.51. The number of rotatable bonds is 6. The summed E-state index contributed by atoms with van der Waals surface area (Å²) >= 11 is 6.95. The number of nitrogens with zero attached hydrogens (tertiary/aromatic N) is 1. The summed E-state index contributed by atoms with van der Waals surface area (Å²) in [5.41, 5.74) is 1.02. The summed E-state index contributed by atoms with van der Waals surface area (Å²) in [4.78, 5) is 39.2. The number of hydrogen-bond donors (Lipinski definition) is 2. The summed E-state index contributed by atoms with van der Waals surface area (Å²) in [5, 5.41) is 6.05. The second kappa shape index (κ2) is 10.3. The Morgan fingerprint density at radius 2 is 1.55 bits per heavy atom. The predicted molar refractivity (Wildman–Crippen MR) is 118 cm³/mol. The Hall–Kier alpha value is -2.51. The van der Waals surface area contributed by atoms with Crippen LogP contribution < -0.4 is 10.6 Å². The number of amides is 3. The van der Waals surface area contributed by atoms with E-state index in [0.29, 0.717) is 16.3 Å². The molecule has 2 aromatic rings. The first-order valence-electron chi connectivity index (χ1n) is 9.04. The van der Waals surface area contributed by atoms with E-state index in [-0.39, 0.29) is 23.0 Å². The molecule has 0 bridgehead atoms. The molecular formula is C21H24ClN3O3S. The number of anilines is 1. The van der Waals surface area contributed by atoms with Crippen molar-refractivity contribution in [1.29, 1.82) is 0 Å². The van der Waals surface area contributed by atoms with Crippen LogP contribution in [0.1, 0.15) is 24.2 Å². The van der Waals surface area contributed by atoms with Gasteiger partial charge in [0.1, 0.15) is 6.04 Å². The van der Waals surface area contributed by atoms with E-state index in [1.807, 2.05) is 13.8 Å². The molecule has 2 N–H and O–H groups in total. The lowest BCUT2D eigenvalue weighted by Gasteiger charge is -2.22. The molecule has 1 atom stereocenters. The third-order valence-corrected chi connectivity index (χ3v) is 5.33. The van der Waals surface area contributed by atoms with E-state index < -0.39 is 6.04 Å². The maximum atomic E-state index is 12.7. The van der Waals surface area contributed by atoms with Crippen LogP contribution in [0.15, 0.2) is 53.4 Å². The van der Waals surface area contributed by atoms with Crippen molar-refractivity contribution in [3.05, 3.63) is 59.1 Å². The first-order chi connectivity index (χ1) is 13.7. The first kappa shape index (κ1) is 22.8. The minimum absolute atomic E-state index is 0.0773. The molecule has 3 amide bonds. The molecule has 0 aromatic heterocycles. The number of carbonyl (C=O) groups is 3. The molecule has 0 aliphatic rings. The monoisotopic (exact) mass is 433 g/mol. The minimum Gasteiger partial charge on any atom is -0.340 e. The van der Waals surface area contributed by atoms with Gasteiger partial charge in [-0.3, -0.25) is 14.4 Å². The van der Waals surface area contributed by atoms with Gasteiger partial charge < -0.3 is 15.5 Å². The fourth-order valence-corrected chi connectivity index (χ4v) is 3.16.